The van der Waals surface area contributed by atoms with Crippen LogP contribution in [0.2, 0.25) is 0 Å². The van der Waals surface area contributed by atoms with E-state index in [1.807, 2.05) is 6.92 Å². The topological polar surface area (TPSA) is 177 Å². The van der Waals surface area contributed by atoms with Crippen molar-refractivity contribution in [2.75, 3.05) is 19.8 Å². The molecule has 12 heteroatoms. The van der Waals surface area contributed by atoms with Gasteiger partial charge in [-0.2, -0.15) is 0 Å². The Bertz CT molecular complexity index is 699. The summed E-state index contributed by atoms with van der Waals surface area (Å²) in [4.78, 5) is 0. The minimum Gasteiger partial charge on any atom is -0.394 e. The lowest BCUT2D eigenvalue weighted by Crippen LogP contribution is -2.63. The van der Waals surface area contributed by atoms with Gasteiger partial charge in [0, 0.05) is 6.61 Å². The van der Waals surface area contributed by atoms with Crippen LogP contribution in [0.15, 0.2) is 0 Å². The van der Waals surface area contributed by atoms with Gasteiger partial charge in [0.25, 0.3) is 0 Å². The van der Waals surface area contributed by atoms with Gasteiger partial charge in [0.05, 0.1) is 37.6 Å². The first-order valence-electron chi connectivity index (χ1n) is 13.6. The van der Waals surface area contributed by atoms with Gasteiger partial charge in [-0.25, -0.2) is 0 Å². The summed E-state index contributed by atoms with van der Waals surface area (Å²) in [6.07, 6.45) is -7.89. The SMILES string of the molecule is CC1O[C@@H](OC2[C@H](C)CCC[C@H]2O[C@@H]2OC(CO)[C@H](O)C3O[C@@H](CO)CCCCOC32)[C@@H](O)C(O)[C@@H]1O. The third-order valence-corrected chi connectivity index (χ3v) is 8.07. The molecular weight excluding hydrogens is 492 g/mol. The van der Waals surface area contributed by atoms with Crippen LogP contribution in [0.1, 0.15) is 52.4 Å². The van der Waals surface area contributed by atoms with Crippen molar-refractivity contribution in [1.82, 2.24) is 0 Å². The molecule has 0 aromatic carbocycles. The van der Waals surface area contributed by atoms with Crippen molar-refractivity contribution < 1.29 is 59.1 Å². The number of hydrogen-bond acceptors (Lipinski definition) is 12. The van der Waals surface area contributed by atoms with Gasteiger partial charge in [-0.1, -0.05) is 13.3 Å². The second-order valence-corrected chi connectivity index (χ2v) is 10.8. The molecule has 4 aliphatic rings. The van der Waals surface area contributed by atoms with Crippen LogP contribution in [0, 0.1) is 5.92 Å². The maximum atomic E-state index is 10.9. The van der Waals surface area contributed by atoms with Crippen LogP contribution in [0.25, 0.3) is 0 Å². The predicted octanol–water partition coefficient (Wildman–Crippen LogP) is -1.20. The van der Waals surface area contributed by atoms with E-state index in [-0.39, 0.29) is 12.5 Å². The molecule has 3 heterocycles. The highest BCUT2D eigenvalue weighted by Crippen LogP contribution is 2.36. The molecule has 0 amide bonds. The fourth-order valence-corrected chi connectivity index (χ4v) is 5.76. The number of aliphatic hydroxyl groups is 6. The minimum absolute atomic E-state index is 0.0175. The molecule has 6 N–H and O–H groups in total. The molecule has 6 unspecified atom stereocenters. The van der Waals surface area contributed by atoms with Crippen LogP contribution >= 0.6 is 0 Å². The zero-order valence-corrected chi connectivity index (χ0v) is 21.6. The maximum Gasteiger partial charge on any atom is 0.187 e. The Hall–Kier alpha value is -0.480. The highest BCUT2D eigenvalue weighted by atomic mass is 16.7. The first kappa shape index (κ1) is 29.5. The molecule has 37 heavy (non-hydrogen) atoms. The molecule has 1 saturated carbocycles. The highest BCUT2D eigenvalue weighted by molar-refractivity contribution is 4.95. The van der Waals surface area contributed by atoms with E-state index in [1.165, 1.54) is 0 Å². The quantitative estimate of drug-likeness (QED) is 0.239. The normalized spacial score (nSPS) is 49.9. The number of hydrogen-bond donors (Lipinski definition) is 6. The smallest absolute Gasteiger partial charge is 0.187 e. The molecule has 0 aromatic rings. The molecule has 3 aliphatic heterocycles. The van der Waals surface area contributed by atoms with Crippen molar-refractivity contribution in [3.63, 3.8) is 0 Å². The van der Waals surface area contributed by atoms with E-state index in [2.05, 4.69) is 0 Å². The first-order chi connectivity index (χ1) is 17.7. The minimum atomic E-state index is -1.44. The number of fused-ring (bicyclic) bond motifs is 1. The van der Waals surface area contributed by atoms with Crippen molar-refractivity contribution in [3.05, 3.63) is 0 Å². The summed E-state index contributed by atoms with van der Waals surface area (Å²) in [5.74, 6) is 0.0175. The highest BCUT2D eigenvalue weighted by Gasteiger charge is 2.51. The largest absolute Gasteiger partial charge is 0.394 e. The standard InChI is InChI=1S/C25H44O12/c1-12-6-5-8-15(21(12)37-24-20(31)19(30)17(28)13(2)33-24)35-25-23-22(18(29)16(11-27)36-25)34-14(10-26)7-3-4-9-32-23/h12-31H,3-11H2,1-2H3/t12-,13?,14-,15-,16?,17-,18+,19?,20+,21?,22?,23?,24+,25-/m1/s1. The van der Waals surface area contributed by atoms with Crippen molar-refractivity contribution in [2.24, 2.45) is 5.92 Å². The average Bonchev–Trinajstić information content (AvgIpc) is 3.00. The van der Waals surface area contributed by atoms with Crippen LogP contribution in [0.3, 0.4) is 0 Å². The second-order valence-electron chi connectivity index (χ2n) is 10.8. The number of ether oxygens (including phenoxy) is 6. The van der Waals surface area contributed by atoms with E-state index in [4.69, 9.17) is 28.4 Å². The van der Waals surface area contributed by atoms with E-state index < -0.39 is 86.3 Å². The van der Waals surface area contributed by atoms with Crippen LogP contribution < -0.4 is 0 Å². The lowest BCUT2D eigenvalue weighted by Gasteiger charge is -2.47. The summed E-state index contributed by atoms with van der Waals surface area (Å²) in [7, 11) is 0. The zero-order valence-electron chi connectivity index (χ0n) is 21.6. The third kappa shape index (κ3) is 6.64. The van der Waals surface area contributed by atoms with E-state index >= 15 is 0 Å². The Balaban J connectivity index is 1.52. The van der Waals surface area contributed by atoms with Crippen molar-refractivity contribution in [1.29, 1.82) is 0 Å². The molecule has 14 atom stereocenters. The summed E-state index contributed by atoms with van der Waals surface area (Å²) in [6, 6.07) is 0. The maximum absolute atomic E-state index is 10.9. The van der Waals surface area contributed by atoms with Crippen molar-refractivity contribution >= 4 is 0 Å². The fraction of sp³-hybridized carbons (Fsp3) is 1.00. The molecule has 0 bridgehead atoms. The molecule has 0 radical (unpaired) electrons. The van der Waals surface area contributed by atoms with Crippen LogP contribution in [0.5, 0.6) is 0 Å². The monoisotopic (exact) mass is 536 g/mol. The fourth-order valence-electron chi connectivity index (χ4n) is 5.76. The predicted molar refractivity (Wildman–Crippen MR) is 126 cm³/mol. The number of rotatable bonds is 6. The summed E-state index contributed by atoms with van der Waals surface area (Å²) in [5.41, 5.74) is 0. The molecule has 1 aliphatic carbocycles. The van der Waals surface area contributed by atoms with E-state index in [0.29, 0.717) is 19.4 Å². The van der Waals surface area contributed by atoms with Gasteiger partial charge in [0.1, 0.15) is 42.7 Å². The third-order valence-electron chi connectivity index (χ3n) is 8.07. The molecule has 0 aromatic heterocycles. The lowest BCUT2D eigenvalue weighted by atomic mass is 9.85. The summed E-state index contributed by atoms with van der Waals surface area (Å²) < 4.78 is 36.4. The Morgan fingerprint density at radius 3 is 2.22 bits per heavy atom. The van der Waals surface area contributed by atoms with Crippen molar-refractivity contribution in [3.8, 4) is 0 Å². The van der Waals surface area contributed by atoms with Gasteiger partial charge in [-0.05, 0) is 44.9 Å². The summed E-state index contributed by atoms with van der Waals surface area (Å²) in [5, 5.41) is 61.3. The Morgan fingerprint density at radius 1 is 0.703 bits per heavy atom. The Kier molecular flexibility index (Phi) is 10.6. The molecular formula is C25H44O12. The van der Waals surface area contributed by atoms with Gasteiger partial charge in [0.2, 0.25) is 0 Å². The van der Waals surface area contributed by atoms with Gasteiger partial charge in [0.15, 0.2) is 12.6 Å². The van der Waals surface area contributed by atoms with Gasteiger partial charge in [-0.15, -0.1) is 0 Å². The van der Waals surface area contributed by atoms with Gasteiger partial charge in [-0.3, -0.25) is 0 Å². The molecule has 4 fully saturated rings. The molecule has 0 spiro atoms. The Labute approximate surface area is 217 Å². The van der Waals surface area contributed by atoms with Crippen LogP contribution in [0.4, 0.5) is 0 Å². The summed E-state index contributed by atoms with van der Waals surface area (Å²) in [6.45, 7) is 3.33. The molecule has 216 valence electrons. The molecule has 3 saturated heterocycles. The Morgan fingerprint density at radius 2 is 1.49 bits per heavy atom. The lowest BCUT2D eigenvalue weighted by molar-refractivity contribution is -0.352. The van der Waals surface area contributed by atoms with Crippen LogP contribution in [-0.2, 0) is 28.4 Å². The van der Waals surface area contributed by atoms with Gasteiger partial charge < -0.3 is 59.1 Å². The van der Waals surface area contributed by atoms with Crippen molar-refractivity contribution in [2.45, 2.75) is 132 Å². The molecule has 4 rings (SSSR count). The van der Waals surface area contributed by atoms with E-state index in [9.17, 15) is 30.6 Å². The van der Waals surface area contributed by atoms with E-state index in [1.54, 1.807) is 6.92 Å². The molecule has 12 nitrogen and oxygen atoms in total. The van der Waals surface area contributed by atoms with E-state index in [0.717, 1.165) is 25.7 Å². The average molecular weight is 537 g/mol. The number of aliphatic hydroxyl groups excluding tert-OH is 6. The first-order valence-corrected chi connectivity index (χ1v) is 13.6. The second kappa shape index (κ2) is 13.2. The van der Waals surface area contributed by atoms with Gasteiger partial charge >= 0.3 is 0 Å². The zero-order chi connectivity index (χ0) is 26.7. The summed E-state index contributed by atoms with van der Waals surface area (Å²) >= 11 is 0. The van der Waals surface area contributed by atoms with Crippen LogP contribution in [-0.4, -0.2) is 130 Å².